The van der Waals surface area contributed by atoms with Gasteiger partial charge in [0.05, 0.1) is 16.4 Å². The first-order valence-corrected chi connectivity index (χ1v) is 9.38. The number of nitrogens with zero attached hydrogens (tertiary/aromatic N) is 2. The number of rotatable bonds is 2. The zero-order valence-corrected chi connectivity index (χ0v) is 16.0. The van der Waals surface area contributed by atoms with E-state index in [0.717, 1.165) is 10.6 Å². The largest absolute Gasteiger partial charge is 0.494 e. The number of hydrogen-bond donors (Lipinski definition) is 1. The molecule has 0 aliphatic carbocycles. The van der Waals surface area contributed by atoms with Gasteiger partial charge in [-0.15, -0.1) is 0 Å². The topological polar surface area (TPSA) is 84.8 Å². The first-order valence-electron chi connectivity index (χ1n) is 9.38. The van der Waals surface area contributed by atoms with E-state index in [0.29, 0.717) is 32.8 Å². The van der Waals surface area contributed by atoms with Gasteiger partial charge in [0.25, 0.3) is 5.91 Å². The van der Waals surface area contributed by atoms with E-state index in [1.165, 1.54) is 11.5 Å². The van der Waals surface area contributed by atoms with Crippen molar-refractivity contribution in [2.75, 3.05) is 0 Å². The molecule has 146 valence electrons. The molecule has 0 saturated heterocycles. The van der Waals surface area contributed by atoms with Crippen LogP contribution in [0.25, 0.3) is 28.6 Å². The van der Waals surface area contributed by atoms with Gasteiger partial charge in [0.1, 0.15) is 10.8 Å². The Hall–Kier alpha value is -4.19. The molecule has 0 radical (unpaired) electrons. The highest BCUT2D eigenvalue weighted by atomic mass is 16.3. The summed E-state index contributed by atoms with van der Waals surface area (Å²) in [5.41, 5.74) is 2.57. The number of benzene rings is 2. The predicted octanol–water partition coefficient (Wildman–Crippen LogP) is 1.22. The molecule has 5 rings (SSSR count). The molecular weight excluding hydrogens is 380 g/mol. The fourth-order valence-electron chi connectivity index (χ4n) is 3.74. The standard InChI is InChI=1S/C24H16N2O4/c1-14(27)26-22-9-5-3-7-18(22)20(24(26)29)13-16-11-10-15(30-16)12-19-17-6-2-4-8-21(17)25-23(19)28/h2-13,29H,1H3/b15-12+,16-13+. The molecule has 4 aromatic rings. The maximum atomic E-state index is 12.2. The molecule has 30 heavy (non-hydrogen) atoms. The quantitative estimate of drug-likeness (QED) is 0.552. The van der Waals surface area contributed by atoms with E-state index in [9.17, 15) is 14.7 Å². The lowest BCUT2D eigenvalue weighted by atomic mass is 10.1. The van der Waals surface area contributed by atoms with E-state index < -0.39 is 0 Å². The van der Waals surface area contributed by atoms with Gasteiger partial charge in [-0.1, -0.05) is 36.4 Å². The average molecular weight is 396 g/mol. The third-order valence-electron chi connectivity index (χ3n) is 5.07. The van der Waals surface area contributed by atoms with E-state index in [-0.39, 0.29) is 17.7 Å². The van der Waals surface area contributed by atoms with E-state index >= 15 is 0 Å². The zero-order chi connectivity index (χ0) is 20.8. The molecule has 1 aliphatic rings. The van der Waals surface area contributed by atoms with Crippen molar-refractivity contribution in [3.8, 4) is 5.88 Å². The van der Waals surface area contributed by atoms with Gasteiger partial charge in [0.2, 0.25) is 11.8 Å². The SMILES string of the molecule is CC(=O)n1c(O)c(/C=c2\cc/c(=C\C3=c4ccccc4=NC3=O)o2)c2ccccc21. The van der Waals surface area contributed by atoms with Crippen LogP contribution in [0.2, 0.25) is 0 Å². The van der Waals surface area contributed by atoms with Crippen LogP contribution in [0.5, 0.6) is 5.88 Å². The molecule has 6 nitrogen and oxygen atoms in total. The number of carbonyl (C=O) groups is 2. The van der Waals surface area contributed by atoms with Crippen molar-refractivity contribution >= 4 is 40.4 Å². The van der Waals surface area contributed by atoms with E-state index in [4.69, 9.17) is 4.42 Å². The highest BCUT2D eigenvalue weighted by molar-refractivity contribution is 6.24. The number of fused-ring (bicyclic) bond motifs is 2. The summed E-state index contributed by atoms with van der Waals surface area (Å²) in [5.74, 6) is -0.727. The highest BCUT2D eigenvalue weighted by Gasteiger charge is 2.17. The van der Waals surface area contributed by atoms with Crippen LogP contribution in [0.1, 0.15) is 17.3 Å². The van der Waals surface area contributed by atoms with Crippen molar-refractivity contribution in [2.45, 2.75) is 6.92 Å². The van der Waals surface area contributed by atoms with Crippen LogP contribution in [-0.4, -0.2) is 21.5 Å². The van der Waals surface area contributed by atoms with Crippen molar-refractivity contribution in [1.29, 1.82) is 0 Å². The third kappa shape index (κ3) is 2.78. The molecule has 0 atom stereocenters. The van der Waals surface area contributed by atoms with Crippen LogP contribution in [-0.2, 0) is 4.79 Å². The summed E-state index contributed by atoms with van der Waals surface area (Å²) < 4.78 is 7.12. The minimum absolute atomic E-state index is 0.140. The average Bonchev–Trinajstić information content (AvgIpc) is 3.38. The second-order valence-electron chi connectivity index (χ2n) is 6.99. The molecule has 0 fully saturated rings. The van der Waals surface area contributed by atoms with Crippen molar-refractivity contribution in [2.24, 2.45) is 4.99 Å². The zero-order valence-electron chi connectivity index (χ0n) is 16.0. The van der Waals surface area contributed by atoms with E-state index in [1.807, 2.05) is 36.4 Å². The Balaban J connectivity index is 1.67. The van der Waals surface area contributed by atoms with Gasteiger partial charge in [-0.2, -0.15) is 0 Å². The Kier molecular flexibility index (Phi) is 3.99. The summed E-state index contributed by atoms with van der Waals surface area (Å²) in [6.45, 7) is 1.40. The number of hydrogen-bond acceptors (Lipinski definition) is 4. The van der Waals surface area contributed by atoms with Gasteiger partial charge in [-0.05, 0) is 36.4 Å². The molecule has 1 aliphatic heterocycles. The first kappa shape index (κ1) is 17.9. The van der Waals surface area contributed by atoms with Crippen molar-refractivity contribution in [3.05, 3.63) is 87.6 Å². The van der Waals surface area contributed by atoms with E-state index in [2.05, 4.69) is 4.99 Å². The Morgan fingerprint density at radius 3 is 2.50 bits per heavy atom. The molecule has 0 unspecified atom stereocenters. The summed E-state index contributed by atoms with van der Waals surface area (Å²) >= 11 is 0. The highest BCUT2D eigenvalue weighted by Crippen LogP contribution is 2.31. The molecule has 2 aromatic carbocycles. The molecule has 0 saturated carbocycles. The van der Waals surface area contributed by atoms with Crippen LogP contribution in [0.3, 0.4) is 0 Å². The monoisotopic (exact) mass is 396 g/mol. The molecule has 3 heterocycles. The number of aromatic hydroxyl groups is 1. The molecule has 1 N–H and O–H groups in total. The molecule has 6 heteroatoms. The molecule has 0 bridgehead atoms. The Morgan fingerprint density at radius 1 is 1.00 bits per heavy atom. The van der Waals surface area contributed by atoms with Crippen molar-refractivity contribution in [1.82, 2.24) is 4.57 Å². The van der Waals surface area contributed by atoms with Crippen LogP contribution >= 0.6 is 0 Å². The minimum Gasteiger partial charge on any atom is -0.494 e. The number of amides is 1. The molecule has 2 aromatic heterocycles. The Bertz CT molecular complexity index is 1600. The predicted molar refractivity (Wildman–Crippen MR) is 112 cm³/mol. The van der Waals surface area contributed by atoms with Gasteiger partial charge in [0, 0.05) is 23.1 Å². The fourth-order valence-corrected chi connectivity index (χ4v) is 3.74. The van der Waals surface area contributed by atoms with Gasteiger partial charge < -0.3 is 9.52 Å². The second kappa shape index (κ2) is 6.70. The maximum absolute atomic E-state index is 12.2. The van der Waals surface area contributed by atoms with Crippen molar-refractivity contribution < 1.29 is 19.1 Å². The molecule has 1 amide bonds. The lowest BCUT2D eigenvalue weighted by Crippen LogP contribution is -2.22. The lowest BCUT2D eigenvalue weighted by Gasteiger charge is -2.00. The minimum atomic E-state index is -0.305. The third-order valence-corrected chi connectivity index (χ3v) is 5.07. The van der Waals surface area contributed by atoms with Gasteiger partial charge in [0.15, 0.2) is 0 Å². The van der Waals surface area contributed by atoms with Crippen LogP contribution in [0.4, 0.5) is 0 Å². The van der Waals surface area contributed by atoms with Gasteiger partial charge in [-0.3, -0.25) is 14.2 Å². The second-order valence-corrected chi connectivity index (χ2v) is 6.99. The van der Waals surface area contributed by atoms with Gasteiger partial charge in [-0.25, -0.2) is 4.99 Å². The lowest BCUT2D eigenvalue weighted by molar-refractivity contribution is -0.112. The fraction of sp³-hybridized carbons (Fsp3) is 0.0417. The summed E-state index contributed by atoms with van der Waals surface area (Å²) in [4.78, 5) is 28.3. The normalized spacial score (nSPS) is 14.4. The molecule has 0 spiro atoms. The smallest absolute Gasteiger partial charge is 0.278 e. The summed E-state index contributed by atoms with van der Waals surface area (Å²) in [7, 11) is 0. The summed E-state index contributed by atoms with van der Waals surface area (Å²) in [6, 6.07) is 18.1. The number of aromatic nitrogens is 1. The molecular formula is C24H16N2O4. The maximum Gasteiger partial charge on any atom is 0.278 e. The van der Waals surface area contributed by atoms with E-state index in [1.54, 1.807) is 36.4 Å². The Morgan fingerprint density at radius 2 is 1.70 bits per heavy atom. The summed E-state index contributed by atoms with van der Waals surface area (Å²) in [6.07, 6.45) is 3.33. The first-order chi connectivity index (χ1) is 14.5. The summed E-state index contributed by atoms with van der Waals surface area (Å²) in [5, 5.41) is 12.8. The Labute approximate surface area is 170 Å². The van der Waals surface area contributed by atoms with Crippen molar-refractivity contribution in [3.63, 3.8) is 0 Å². The number of para-hydroxylation sites is 2. The number of furan rings is 1. The number of carbonyl (C=O) groups excluding carboxylic acids is 2. The van der Waals surface area contributed by atoms with Crippen LogP contribution < -0.4 is 21.4 Å². The van der Waals surface area contributed by atoms with Crippen LogP contribution in [0, 0.1) is 0 Å². The van der Waals surface area contributed by atoms with Gasteiger partial charge >= 0.3 is 0 Å². The van der Waals surface area contributed by atoms with Crippen LogP contribution in [0.15, 0.2) is 70.1 Å².